The topological polar surface area (TPSA) is 55.2 Å². The van der Waals surface area contributed by atoms with Crippen molar-refractivity contribution < 1.29 is 4.92 Å². The van der Waals surface area contributed by atoms with Crippen LogP contribution in [0.2, 0.25) is 0 Å². The monoisotopic (exact) mass is 284 g/mol. The summed E-state index contributed by atoms with van der Waals surface area (Å²) in [4.78, 5) is 10.3. The highest BCUT2D eigenvalue weighted by atomic mass is 79.9. The summed E-state index contributed by atoms with van der Waals surface area (Å²) in [5.74, 6) is 0.738. The molecule has 1 fully saturated rings. The van der Waals surface area contributed by atoms with Crippen molar-refractivity contribution in [1.29, 1.82) is 0 Å². The summed E-state index contributed by atoms with van der Waals surface area (Å²) in [5, 5.41) is 14.0. The molecule has 0 spiro atoms. The first-order valence-corrected chi connectivity index (χ1v) is 6.03. The van der Waals surface area contributed by atoms with E-state index in [1.165, 1.54) is 12.5 Å². The van der Waals surface area contributed by atoms with Crippen molar-refractivity contribution in [2.24, 2.45) is 5.92 Å². The van der Waals surface area contributed by atoms with Gasteiger partial charge in [0, 0.05) is 29.2 Å². The molecule has 1 aromatic carbocycles. The summed E-state index contributed by atoms with van der Waals surface area (Å²) in [7, 11) is 0. The van der Waals surface area contributed by atoms with E-state index < -0.39 is 0 Å². The zero-order valence-corrected chi connectivity index (χ0v) is 10.5. The number of hydrogen-bond acceptors (Lipinski definition) is 3. The maximum atomic E-state index is 10.7. The smallest absolute Gasteiger partial charge is 0.270 e. The molecule has 1 saturated carbocycles. The average Bonchev–Trinajstić information content (AvgIpc) is 2.91. The lowest BCUT2D eigenvalue weighted by molar-refractivity contribution is -0.385. The Kier molecular flexibility index (Phi) is 3.25. The molecule has 1 aliphatic rings. The molecule has 0 amide bonds. The van der Waals surface area contributed by atoms with E-state index >= 15 is 0 Å². The number of rotatable bonds is 4. The zero-order chi connectivity index (χ0) is 11.7. The molecule has 2 rings (SSSR count). The fourth-order valence-corrected chi connectivity index (χ4v) is 2.22. The number of benzene rings is 1. The molecule has 1 N–H and O–H groups in total. The van der Waals surface area contributed by atoms with Gasteiger partial charge in [-0.15, -0.1) is 0 Å². The number of halogens is 1. The third-order valence-corrected chi connectivity index (χ3v) is 3.29. The third kappa shape index (κ3) is 2.80. The summed E-state index contributed by atoms with van der Waals surface area (Å²) in [6, 6.07) is 5.62. The maximum absolute atomic E-state index is 10.7. The molecule has 0 bridgehead atoms. The van der Waals surface area contributed by atoms with Crippen LogP contribution in [0.15, 0.2) is 22.7 Å². The van der Waals surface area contributed by atoms with Crippen molar-refractivity contribution in [3.63, 3.8) is 0 Å². The van der Waals surface area contributed by atoms with Gasteiger partial charge in [-0.1, -0.05) is 22.9 Å². The molecular formula is C11H13BrN2O2. The lowest BCUT2D eigenvalue weighted by atomic mass is 10.2. The second-order valence-corrected chi connectivity index (χ2v) is 5.19. The van der Waals surface area contributed by atoms with E-state index in [0.29, 0.717) is 12.6 Å². The normalized spacial score (nSPS) is 23.1. The summed E-state index contributed by atoms with van der Waals surface area (Å²) in [5.41, 5.74) is 1.08. The Bertz CT molecular complexity index is 422. The van der Waals surface area contributed by atoms with Crippen molar-refractivity contribution in [2.45, 2.75) is 25.9 Å². The minimum absolute atomic E-state index is 0.134. The molecule has 2 atom stereocenters. The van der Waals surface area contributed by atoms with Gasteiger partial charge in [-0.3, -0.25) is 10.1 Å². The quantitative estimate of drug-likeness (QED) is 0.683. The van der Waals surface area contributed by atoms with Gasteiger partial charge in [-0.05, 0) is 24.0 Å². The Morgan fingerprint density at radius 3 is 2.81 bits per heavy atom. The molecule has 5 heteroatoms. The average molecular weight is 285 g/mol. The lowest BCUT2D eigenvalue weighted by Crippen LogP contribution is -2.17. The van der Waals surface area contributed by atoms with Crippen molar-refractivity contribution >= 4 is 21.6 Å². The Morgan fingerprint density at radius 1 is 1.56 bits per heavy atom. The van der Waals surface area contributed by atoms with Gasteiger partial charge in [-0.2, -0.15) is 0 Å². The van der Waals surface area contributed by atoms with E-state index in [0.717, 1.165) is 16.0 Å². The van der Waals surface area contributed by atoms with E-state index in [1.807, 2.05) is 6.07 Å². The Hall–Kier alpha value is -0.940. The zero-order valence-electron chi connectivity index (χ0n) is 8.94. The molecule has 0 radical (unpaired) electrons. The van der Waals surface area contributed by atoms with Crippen LogP contribution in [-0.2, 0) is 6.54 Å². The SMILES string of the molecule is CC1CC1NCc1cc(Br)cc([N+](=O)[O-])c1. The molecule has 1 aliphatic carbocycles. The van der Waals surface area contributed by atoms with Gasteiger partial charge < -0.3 is 5.32 Å². The van der Waals surface area contributed by atoms with Gasteiger partial charge in [0.2, 0.25) is 0 Å². The molecule has 0 saturated heterocycles. The highest BCUT2D eigenvalue weighted by molar-refractivity contribution is 9.10. The third-order valence-electron chi connectivity index (χ3n) is 2.83. The van der Waals surface area contributed by atoms with E-state index in [1.54, 1.807) is 6.07 Å². The van der Waals surface area contributed by atoms with Gasteiger partial charge >= 0.3 is 0 Å². The summed E-state index contributed by atoms with van der Waals surface area (Å²) >= 11 is 3.28. The van der Waals surface area contributed by atoms with Crippen molar-refractivity contribution in [3.8, 4) is 0 Å². The van der Waals surface area contributed by atoms with Crippen LogP contribution < -0.4 is 5.32 Å². The second kappa shape index (κ2) is 4.51. The first-order chi connectivity index (χ1) is 7.56. The first kappa shape index (κ1) is 11.5. The number of nitro groups is 1. The van der Waals surface area contributed by atoms with Crippen LogP contribution >= 0.6 is 15.9 Å². The van der Waals surface area contributed by atoms with Gasteiger partial charge in [0.1, 0.15) is 0 Å². The van der Waals surface area contributed by atoms with Crippen LogP contribution in [0.1, 0.15) is 18.9 Å². The van der Waals surface area contributed by atoms with E-state index in [9.17, 15) is 10.1 Å². The van der Waals surface area contributed by atoms with Gasteiger partial charge in [0.25, 0.3) is 5.69 Å². The van der Waals surface area contributed by atoms with E-state index in [4.69, 9.17) is 0 Å². The number of nitrogens with one attached hydrogen (secondary N) is 1. The predicted molar refractivity (Wildman–Crippen MR) is 65.2 cm³/mol. The standard InChI is InChI=1S/C11H13BrN2O2/c1-7-2-11(7)13-6-8-3-9(12)5-10(4-8)14(15)16/h3-5,7,11,13H,2,6H2,1H3. The summed E-state index contributed by atoms with van der Waals surface area (Å²) < 4.78 is 0.752. The van der Waals surface area contributed by atoms with Crippen molar-refractivity contribution in [1.82, 2.24) is 5.32 Å². The molecule has 1 aromatic rings. The summed E-state index contributed by atoms with van der Waals surface area (Å²) in [6.45, 7) is 2.89. The highest BCUT2D eigenvalue weighted by Gasteiger charge is 2.31. The minimum atomic E-state index is -0.367. The molecule has 2 unspecified atom stereocenters. The van der Waals surface area contributed by atoms with E-state index in [-0.39, 0.29) is 10.6 Å². The maximum Gasteiger partial charge on any atom is 0.270 e. The minimum Gasteiger partial charge on any atom is -0.310 e. The van der Waals surface area contributed by atoms with Crippen LogP contribution in [0.25, 0.3) is 0 Å². The predicted octanol–water partition coefficient (Wildman–Crippen LogP) is 2.86. The fraction of sp³-hybridized carbons (Fsp3) is 0.455. The second-order valence-electron chi connectivity index (χ2n) is 4.28. The van der Waals surface area contributed by atoms with Crippen LogP contribution in [0, 0.1) is 16.0 Å². The number of nitro benzene ring substituents is 1. The fourth-order valence-electron chi connectivity index (χ4n) is 1.70. The van der Waals surface area contributed by atoms with Crippen molar-refractivity contribution in [2.75, 3.05) is 0 Å². The molecule has 0 aromatic heterocycles. The Morgan fingerprint density at radius 2 is 2.25 bits per heavy atom. The molecular weight excluding hydrogens is 272 g/mol. The van der Waals surface area contributed by atoms with E-state index in [2.05, 4.69) is 28.2 Å². The first-order valence-electron chi connectivity index (χ1n) is 5.23. The van der Waals surface area contributed by atoms with Crippen LogP contribution in [-0.4, -0.2) is 11.0 Å². The molecule has 0 aliphatic heterocycles. The number of nitrogens with zero attached hydrogens (tertiary/aromatic N) is 1. The van der Waals surface area contributed by atoms with Gasteiger partial charge in [0.05, 0.1) is 4.92 Å². The van der Waals surface area contributed by atoms with Gasteiger partial charge in [0.15, 0.2) is 0 Å². The highest BCUT2D eigenvalue weighted by Crippen LogP contribution is 2.29. The molecule has 16 heavy (non-hydrogen) atoms. The summed E-state index contributed by atoms with van der Waals surface area (Å²) in [6.07, 6.45) is 1.20. The van der Waals surface area contributed by atoms with Crippen molar-refractivity contribution in [3.05, 3.63) is 38.3 Å². The largest absolute Gasteiger partial charge is 0.310 e. The number of non-ortho nitro benzene ring substituents is 1. The molecule has 86 valence electrons. The Balaban J connectivity index is 2.05. The van der Waals surface area contributed by atoms with Crippen LogP contribution in [0.3, 0.4) is 0 Å². The molecule has 4 nitrogen and oxygen atoms in total. The Labute approximate surface area is 102 Å². The van der Waals surface area contributed by atoms with Crippen LogP contribution in [0.5, 0.6) is 0 Å². The number of hydrogen-bond donors (Lipinski definition) is 1. The molecule has 0 heterocycles. The van der Waals surface area contributed by atoms with Crippen LogP contribution in [0.4, 0.5) is 5.69 Å². The lowest BCUT2D eigenvalue weighted by Gasteiger charge is -2.04. The van der Waals surface area contributed by atoms with Gasteiger partial charge in [-0.25, -0.2) is 0 Å².